The summed E-state index contributed by atoms with van der Waals surface area (Å²) in [6.07, 6.45) is 1.72. The molecule has 0 aliphatic heterocycles. The Labute approximate surface area is 114 Å². The summed E-state index contributed by atoms with van der Waals surface area (Å²) in [7, 11) is 2.10. The Kier molecular flexibility index (Phi) is 4.56. The van der Waals surface area contributed by atoms with Crippen molar-refractivity contribution in [1.82, 2.24) is 14.9 Å². The third kappa shape index (κ3) is 3.55. The molecule has 0 saturated carbocycles. The number of fused-ring (bicyclic) bond motifs is 1. The molecular weight excluding hydrogens is 238 g/mol. The first-order valence-corrected chi connectivity index (χ1v) is 6.81. The first-order chi connectivity index (χ1) is 9.10. The van der Waals surface area contributed by atoms with Crippen LogP contribution in [0.3, 0.4) is 0 Å². The van der Waals surface area contributed by atoms with E-state index in [1.165, 1.54) is 5.56 Å². The van der Waals surface area contributed by atoms with Crippen molar-refractivity contribution in [1.29, 1.82) is 0 Å². The van der Waals surface area contributed by atoms with E-state index in [1.54, 1.807) is 6.33 Å². The van der Waals surface area contributed by atoms with Crippen LogP contribution in [0.4, 0.5) is 0 Å². The zero-order chi connectivity index (χ0) is 13.8. The van der Waals surface area contributed by atoms with Crippen molar-refractivity contribution >= 4 is 11.0 Å². The van der Waals surface area contributed by atoms with Gasteiger partial charge in [-0.1, -0.05) is 19.9 Å². The van der Waals surface area contributed by atoms with Crippen molar-refractivity contribution in [3.05, 3.63) is 30.1 Å². The lowest BCUT2D eigenvalue weighted by Gasteiger charge is -2.25. The van der Waals surface area contributed by atoms with Gasteiger partial charge in [0.1, 0.15) is 0 Å². The fourth-order valence-electron chi connectivity index (χ4n) is 2.34. The van der Waals surface area contributed by atoms with Crippen LogP contribution in [0.15, 0.2) is 24.5 Å². The Morgan fingerprint density at radius 3 is 2.84 bits per heavy atom. The molecule has 4 nitrogen and oxygen atoms in total. The van der Waals surface area contributed by atoms with Crippen molar-refractivity contribution < 1.29 is 5.11 Å². The standard InChI is InChI=1S/C15H23N3O/c1-11(2)13(9-19)8-18(3)7-12-4-5-14-15(6-12)17-10-16-14/h4-6,10-11,13,19H,7-9H2,1-3H3,(H,16,17). The lowest BCUT2D eigenvalue weighted by Crippen LogP contribution is -2.30. The quantitative estimate of drug-likeness (QED) is 0.838. The lowest BCUT2D eigenvalue weighted by atomic mass is 9.96. The number of hydrogen-bond acceptors (Lipinski definition) is 3. The monoisotopic (exact) mass is 261 g/mol. The summed E-state index contributed by atoms with van der Waals surface area (Å²) < 4.78 is 0. The number of rotatable bonds is 6. The molecule has 0 radical (unpaired) electrons. The second-order valence-electron chi connectivity index (χ2n) is 5.64. The number of H-pyrrole nitrogens is 1. The van der Waals surface area contributed by atoms with Crippen molar-refractivity contribution in [2.75, 3.05) is 20.2 Å². The Morgan fingerprint density at radius 2 is 2.16 bits per heavy atom. The summed E-state index contributed by atoms with van der Waals surface area (Å²) in [4.78, 5) is 9.62. The molecule has 104 valence electrons. The van der Waals surface area contributed by atoms with Crippen molar-refractivity contribution in [2.24, 2.45) is 11.8 Å². The molecule has 1 unspecified atom stereocenters. The Morgan fingerprint density at radius 1 is 1.37 bits per heavy atom. The maximum Gasteiger partial charge on any atom is 0.0931 e. The first kappa shape index (κ1) is 14.0. The molecule has 0 aliphatic rings. The van der Waals surface area contributed by atoms with Gasteiger partial charge in [0.2, 0.25) is 0 Å². The number of nitrogens with zero attached hydrogens (tertiary/aromatic N) is 2. The van der Waals surface area contributed by atoms with Gasteiger partial charge in [0.15, 0.2) is 0 Å². The number of imidazole rings is 1. The summed E-state index contributed by atoms with van der Waals surface area (Å²) >= 11 is 0. The first-order valence-electron chi connectivity index (χ1n) is 6.81. The highest BCUT2D eigenvalue weighted by Gasteiger charge is 2.14. The molecule has 19 heavy (non-hydrogen) atoms. The van der Waals surface area contributed by atoms with Gasteiger partial charge in [-0.05, 0) is 36.6 Å². The average Bonchev–Trinajstić information content (AvgIpc) is 2.82. The van der Waals surface area contributed by atoms with E-state index in [-0.39, 0.29) is 6.61 Å². The van der Waals surface area contributed by atoms with Crippen LogP contribution in [-0.4, -0.2) is 40.2 Å². The van der Waals surface area contributed by atoms with Gasteiger partial charge >= 0.3 is 0 Å². The highest BCUT2D eigenvalue weighted by atomic mass is 16.3. The SMILES string of the molecule is CC(C)C(CO)CN(C)Cc1ccc2nc[nH]c2c1. The molecule has 0 spiro atoms. The number of aliphatic hydroxyl groups excluding tert-OH is 1. The second-order valence-corrected chi connectivity index (χ2v) is 5.64. The van der Waals surface area contributed by atoms with Crippen molar-refractivity contribution in [3.63, 3.8) is 0 Å². The maximum absolute atomic E-state index is 9.39. The van der Waals surface area contributed by atoms with E-state index in [0.29, 0.717) is 11.8 Å². The van der Waals surface area contributed by atoms with Crippen LogP contribution < -0.4 is 0 Å². The molecule has 1 aromatic heterocycles. The normalized spacial score (nSPS) is 13.6. The summed E-state index contributed by atoms with van der Waals surface area (Å²) in [6.45, 7) is 6.37. The Balaban J connectivity index is 1.99. The van der Waals surface area contributed by atoms with Gasteiger partial charge in [-0.25, -0.2) is 4.98 Å². The minimum atomic E-state index is 0.252. The average molecular weight is 261 g/mol. The van der Waals surface area contributed by atoms with Gasteiger partial charge in [0, 0.05) is 19.7 Å². The van der Waals surface area contributed by atoms with Crippen LogP contribution in [0.5, 0.6) is 0 Å². The topological polar surface area (TPSA) is 52.1 Å². The molecule has 2 N–H and O–H groups in total. The van der Waals surface area contributed by atoms with E-state index >= 15 is 0 Å². The zero-order valence-corrected chi connectivity index (χ0v) is 11.9. The van der Waals surface area contributed by atoms with Crippen LogP contribution in [0, 0.1) is 11.8 Å². The number of benzene rings is 1. The molecule has 0 aliphatic carbocycles. The van der Waals surface area contributed by atoms with Crippen LogP contribution in [0.1, 0.15) is 19.4 Å². The zero-order valence-electron chi connectivity index (χ0n) is 11.9. The third-order valence-electron chi connectivity index (χ3n) is 3.66. The van der Waals surface area contributed by atoms with Gasteiger partial charge in [-0.2, -0.15) is 0 Å². The molecular formula is C15H23N3O. The highest BCUT2D eigenvalue weighted by molar-refractivity contribution is 5.74. The maximum atomic E-state index is 9.39. The summed E-state index contributed by atoms with van der Waals surface area (Å²) in [5, 5.41) is 9.39. The summed E-state index contributed by atoms with van der Waals surface area (Å²) in [6, 6.07) is 6.30. The largest absolute Gasteiger partial charge is 0.396 e. The van der Waals surface area contributed by atoms with Gasteiger partial charge in [0.25, 0.3) is 0 Å². The second kappa shape index (κ2) is 6.17. The number of nitrogens with one attached hydrogen (secondary N) is 1. The van der Waals surface area contributed by atoms with E-state index in [1.807, 2.05) is 6.07 Å². The summed E-state index contributed by atoms with van der Waals surface area (Å²) in [5.41, 5.74) is 3.34. The van der Waals surface area contributed by atoms with Gasteiger partial charge in [-0.15, -0.1) is 0 Å². The van der Waals surface area contributed by atoms with E-state index in [0.717, 1.165) is 24.1 Å². The molecule has 1 atom stereocenters. The smallest absolute Gasteiger partial charge is 0.0931 e. The van der Waals surface area contributed by atoms with Crippen molar-refractivity contribution in [3.8, 4) is 0 Å². The van der Waals surface area contributed by atoms with Crippen LogP contribution >= 0.6 is 0 Å². The number of aromatic nitrogens is 2. The molecule has 2 rings (SSSR count). The predicted octanol–water partition coefficient (Wildman–Crippen LogP) is 2.26. The molecule has 0 amide bonds. The molecule has 4 heteroatoms. The molecule has 0 bridgehead atoms. The fraction of sp³-hybridized carbons (Fsp3) is 0.533. The van der Waals surface area contributed by atoms with E-state index in [9.17, 15) is 5.11 Å². The highest BCUT2D eigenvalue weighted by Crippen LogP contribution is 2.15. The fourth-order valence-corrected chi connectivity index (χ4v) is 2.34. The molecule has 2 aromatic rings. The minimum absolute atomic E-state index is 0.252. The molecule has 1 heterocycles. The lowest BCUT2D eigenvalue weighted by molar-refractivity contribution is 0.143. The van der Waals surface area contributed by atoms with Gasteiger partial charge < -0.3 is 15.0 Å². The van der Waals surface area contributed by atoms with Gasteiger partial charge in [-0.3, -0.25) is 0 Å². The Bertz CT molecular complexity index is 521. The van der Waals surface area contributed by atoms with E-state index in [2.05, 4.69) is 47.9 Å². The molecule has 0 fully saturated rings. The van der Waals surface area contributed by atoms with E-state index < -0.39 is 0 Å². The Hall–Kier alpha value is -1.39. The number of hydrogen-bond donors (Lipinski definition) is 2. The minimum Gasteiger partial charge on any atom is -0.396 e. The third-order valence-corrected chi connectivity index (χ3v) is 3.66. The molecule has 0 saturated heterocycles. The van der Waals surface area contributed by atoms with Crippen LogP contribution in [-0.2, 0) is 6.54 Å². The van der Waals surface area contributed by atoms with E-state index in [4.69, 9.17) is 0 Å². The van der Waals surface area contributed by atoms with Crippen LogP contribution in [0.25, 0.3) is 11.0 Å². The number of aromatic amines is 1. The van der Waals surface area contributed by atoms with Crippen molar-refractivity contribution in [2.45, 2.75) is 20.4 Å². The van der Waals surface area contributed by atoms with Gasteiger partial charge in [0.05, 0.1) is 17.4 Å². The van der Waals surface area contributed by atoms with Crippen LogP contribution in [0.2, 0.25) is 0 Å². The summed E-state index contributed by atoms with van der Waals surface area (Å²) in [5.74, 6) is 0.837. The predicted molar refractivity (Wildman–Crippen MR) is 77.8 cm³/mol. The molecule has 1 aromatic carbocycles. The number of aliphatic hydroxyl groups is 1.